The SMILES string of the molecule is CCc1ccc(CCC=O)cc1.CCc1ccc(CC[C@@H]2NCCc3c2c(C)nn3CC)cc1.CCc1ccc(CC[C@H]2c3c(C)nn(CC)c3CCN2[C@@H](C(=O)NC)c2ccccc2)cc1.CCn1nc(C)cc1CCN.CNC(=O)[C@H](OS(=O)(=O)c1ccc(C)cc1)c1ccccc1. The Bertz CT molecular complexity index is 4060. The third kappa shape index (κ3) is 21.9. The highest BCUT2D eigenvalue weighted by molar-refractivity contribution is 7.86. The van der Waals surface area contributed by atoms with Gasteiger partial charge >= 0.3 is 0 Å². The Labute approximate surface area is 595 Å². The maximum atomic E-state index is 13.2. The summed E-state index contributed by atoms with van der Waals surface area (Å²) >= 11 is 0. The molecule has 2 amide bonds. The zero-order valence-corrected chi connectivity index (χ0v) is 62.1. The van der Waals surface area contributed by atoms with Gasteiger partial charge in [0.15, 0.2) is 6.10 Å². The van der Waals surface area contributed by atoms with Crippen molar-refractivity contribution in [1.29, 1.82) is 0 Å². The Morgan fingerprint density at radius 1 is 0.580 bits per heavy atom. The Morgan fingerprint density at radius 3 is 1.55 bits per heavy atom. The van der Waals surface area contributed by atoms with Gasteiger partial charge in [0.25, 0.3) is 16.0 Å². The number of likely N-dealkylation sites (N-methyl/N-ethyl adjacent to an activating group) is 2. The van der Waals surface area contributed by atoms with Crippen molar-refractivity contribution < 1.29 is 27.0 Å². The quantitative estimate of drug-likeness (QED) is 0.0311. The lowest BCUT2D eigenvalue weighted by Crippen LogP contribution is -2.45. The molecule has 0 spiro atoms. The van der Waals surface area contributed by atoms with Crippen LogP contribution in [0.1, 0.15) is 180 Å². The molecule has 100 heavy (non-hydrogen) atoms. The molecule has 11 rings (SSSR count). The van der Waals surface area contributed by atoms with E-state index in [1.54, 1.807) is 49.5 Å². The number of rotatable bonds is 25. The number of fused-ring (bicyclic) bond motifs is 2. The average Bonchev–Trinajstić information content (AvgIpc) is 1.53. The predicted molar refractivity (Wildman–Crippen MR) is 403 cm³/mol. The molecule has 0 unspecified atom stereocenters. The van der Waals surface area contributed by atoms with Gasteiger partial charge in [0.05, 0.1) is 22.0 Å². The summed E-state index contributed by atoms with van der Waals surface area (Å²) in [6.07, 6.45) is 11.6. The molecule has 6 aromatic carbocycles. The van der Waals surface area contributed by atoms with Crippen molar-refractivity contribution >= 4 is 28.2 Å². The summed E-state index contributed by atoms with van der Waals surface area (Å²) < 4.78 is 36.2. The maximum absolute atomic E-state index is 13.2. The van der Waals surface area contributed by atoms with Crippen molar-refractivity contribution in [1.82, 2.24) is 50.2 Å². The van der Waals surface area contributed by atoms with Crippen molar-refractivity contribution in [3.8, 4) is 0 Å². The number of benzene rings is 6. The summed E-state index contributed by atoms with van der Waals surface area (Å²) in [7, 11) is -0.875. The number of aldehydes is 1. The highest BCUT2D eigenvalue weighted by Crippen LogP contribution is 2.41. The van der Waals surface area contributed by atoms with Crippen molar-refractivity contribution in [3.63, 3.8) is 0 Å². The van der Waals surface area contributed by atoms with Crippen molar-refractivity contribution in [3.05, 3.63) is 259 Å². The van der Waals surface area contributed by atoms with Gasteiger partial charge in [-0.25, -0.2) is 4.18 Å². The summed E-state index contributed by atoms with van der Waals surface area (Å²) in [5.74, 6) is -0.482. The number of amides is 2. The van der Waals surface area contributed by atoms with Gasteiger partial charge in [0.2, 0.25) is 5.91 Å². The molecule has 0 saturated heterocycles. The third-order valence-corrected chi connectivity index (χ3v) is 19.9. The van der Waals surface area contributed by atoms with E-state index in [0.29, 0.717) is 24.6 Å². The summed E-state index contributed by atoms with van der Waals surface area (Å²) in [4.78, 5) is 37.7. The van der Waals surface area contributed by atoms with Crippen LogP contribution in [0.25, 0.3) is 0 Å². The summed E-state index contributed by atoms with van der Waals surface area (Å²) in [5, 5.41) is 22.9. The number of hydrogen-bond acceptors (Lipinski definition) is 12. The summed E-state index contributed by atoms with van der Waals surface area (Å²) in [5.41, 5.74) is 26.2. The zero-order chi connectivity index (χ0) is 72.1. The smallest absolute Gasteiger partial charge is 0.298 e. The molecular weight excluding hydrogens is 1270 g/mol. The lowest BCUT2D eigenvalue weighted by molar-refractivity contribution is -0.128. The van der Waals surface area contributed by atoms with Crippen LogP contribution < -0.4 is 21.7 Å². The van der Waals surface area contributed by atoms with Gasteiger partial charge < -0.3 is 26.5 Å². The predicted octanol–water partition coefficient (Wildman–Crippen LogP) is 13.7. The van der Waals surface area contributed by atoms with E-state index < -0.39 is 22.1 Å². The van der Waals surface area contributed by atoms with Crippen molar-refractivity contribution in [2.24, 2.45) is 5.73 Å². The van der Waals surface area contributed by atoms with E-state index in [1.807, 2.05) is 36.7 Å². The molecule has 18 heteroatoms. The molecule has 3 aromatic heterocycles. The maximum Gasteiger partial charge on any atom is 0.298 e. The molecule has 534 valence electrons. The number of aryl methyl sites for hydroxylation is 13. The van der Waals surface area contributed by atoms with Crippen LogP contribution in [0.15, 0.2) is 169 Å². The number of aromatic nitrogens is 6. The largest absolute Gasteiger partial charge is 0.358 e. The molecule has 4 atom stereocenters. The van der Waals surface area contributed by atoms with Crippen LogP contribution in [-0.4, -0.2) is 94.5 Å². The number of hydrogen-bond donors (Lipinski definition) is 4. The molecule has 0 bridgehead atoms. The fourth-order valence-electron chi connectivity index (χ4n) is 13.2. The van der Waals surface area contributed by atoms with Gasteiger partial charge in [-0.1, -0.05) is 172 Å². The fourth-order valence-corrected chi connectivity index (χ4v) is 14.2. The standard InChI is InChI=1S/C28H36N4O.C19H27N3.C16H17NO4S.C11H14O.C8H15N3/c1-5-21-12-14-22(15-13-21)16-17-24-26-20(3)30-32(6-2)25(26)18-19-31(24)27(28(33)29-4)23-10-8-7-9-11-23;1-4-15-6-8-16(9-7-15)10-11-17-19-14(3)21-22(5-2)18(19)12-13-20-17;1-12-8-10-14(11-9-12)22(19,20)21-15(16(18)17-2)13-6-4-3-5-7-13;1-2-10-5-7-11(8-6-10)4-3-9-12;1-3-11-8(4-5-9)6-7(2)10-11/h7-15,24,27H,5-6,16-19H2,1-4H3,(H,29,33);6-9,17,20H,4-5,10-13H2,1-3H3;3-11,15H,1-2H3,(H,17,18);5-9H,2-4H2,1H3;6H,3-5,9H2,1-2H3/t24-,27+;17-;15-;;/m001../s1. The van der Waals surface area contributed by atoms with Gasteiger partial charge in [-0.3, -0.25) is 28.5 Å². The molecule has 0 radical (unpaired) electrons. The van der Waals surface area contributed by atoms with Gasteiger partial charge in [-0.05, 0) is 169 Å². The van der Waals surface area contributed by atoms with Crippen molar-refractivity contribution in [2.45, 2.75) is 195 Å². The Hall–Kier alpha value is -8.65. The summed E-state index contributed by atoms with van der Waals surface area (Å²) in [6.45, 7) is 26.5. The number of nitrogens with one attached hydrogen (secondary N) is 3. The van der Waals surface area contributed by atoms with Crippen LogP contribution in [0.3, 0.4) is 0 Å². The number of nitrogens with zero attached hydrogens (tertiary/aromatic N) is 7. The zero-order valence-electron chi connectivity index (χ0n) is 61.3. The Kier molecular flexibility index (Phi) is 31.4. The second-order valence-corrected chi connectivity index (χ2v) is 27.0. The number of nitrogens with two attached hydrogens (primary N) is 1. The fraction of sp³-hybridized carbons (Fsp3) is 0.415. The topological polar surface area (TPSA) is 213 Å². The summed E-state index contributed by atoms with van der Waals surface area (Å²) in [6, 6.07) is 53.8. The molecule has 0 saturated carbocycles. The van der Waals surface area contributed by atoms with Crippen LogP contribution >= 0.6 is 0 Å². The third-order valence-electron chi connectivity index (χ3n) is 18.6. The molecule has 0 aliphatic carbocycles. The molecule has 2 aliphatic heterocycles. The minimum Gasteiger partial charge on any atom is -0.358 e. The highest BCUT2D eigenvalue weighted by atomic mass is 32.2. The molecule has 9 aromatic rings. The van der Waals surface area contributed by atoms with Gasteiger partial charge in [-0.15, -0.1) is 0 Å². The van der Waals surface area contributed by atoms with E-state index in [1.165, 1.54) is 86.5 Å². The lowest BCUT2D eigenvalue weighted by Gasteiger charge is -2.41. The Balaban J connectivity index is 0.000000185. The van der Waals surface area contributed by atoms with Gasteiger partial charge in [-0.2, -0.15) is 23.7 Å². The van der Waals surface area contributed by atoms with E-state index in [-0.39, 0.29) is 22.9 Å². The number of carbonyl (C=O) groups excluding carboxylic acids is 3. The highest BCUT2D eigenvalue weighted by Gasteiger charge is 2.39. The van der Waals surface area contributed by atoms with Gasteiger partial charge in [0, 0.05) is 113 Å². The minimum absolute atomic E-state index is 0.0166. The first-order chi connectivity index (χ1) is 48.4. The van der Waals surface area contributed by atoms with E-state index in [4.69, 9.17) is 20.1 Å². The van der Waals surface area contributed by atoms with E-state index in [9.17, 15) is 22.8 Å². The normalized spacial score (nSPS) is 14.5. The van der Waals surface area contributed by atoms with Crippen LogP contribution in [-0.2, 0) is 106 Å². The first-order valence-electron chi connectivity index (χ1n) is 35.9. The van der Waals surface area contributed by atoms with Crippen LogP contribution in [0.5, 0.6) is 0 Å². The molecule has 17 nitrogen and oxygen atoms in total. The molecule has 2 aliphatic rings. The second kappa shape index (κ2) is 40.0. The minimum atomic E-state index is -4.04. The first-order valence-corrected chi connectivity index (χ1v) is 37.3. The van der Waals surface area contributed by atoms with Crippen LogP contribution in [0, 0.1) is 27.7 Å². The van der Waals surface area contributed by atoms with E-state index in [2.05, 4.69) is 182 Å². The van der Waals surface area contributed by atoms with E-state index in [0.717, 1.165) is 132 Å². The average molecular weight is 1380 g/mol. The van der Waals surface area contributed by atoms with Gasteiger partial charge in [0.1, 0.15) is 12.3 Å². The second-order valence-electron chi connectivity index (χ2n) is 25.4. The van der Waals surface area contributed by atoms with E-state index >= 15 is 0 Å². The molecule has 5 heterocycles. The monoisotopic (exact) mass is 1380 g/mol. The first kappa shape index (κ1) is 78.7. The molecule has 0 fully saturated rings. The van der Waals surface area contributed by atoms with Crippen LogP contribution in [0.4, 0.5) is 0 Å². The Morgan fingerprint density at radius 2 is 1.06 bits per heavy atom. The number of carbonyl (C=O) groups is 3. The van der Waals surface area contributed by atoms with Crippen molar-refractivity contribution in [2.75, 3.05) is 33.7 Å². The van der Waals surface area contributed by atoms with Crippen LogP contribution in [0.2, 0.25) is 0 Å². The molecular formula is C82H109N11O6S. The molecule has 5 N–H and O–H groups in total. The lowest BCUT2D eigenvalue weighted by atomic mass is 9.88.